The Labute approximate surface area is 175 Å². The summed E-state index contributed by atoms with van der Waals surface area (Å²) in [6.07, 6.45) is 1.48. The maximum atomic E-state index is 13.0. The molecular formula is C23H24N4O3. The number of anilines is 3. The van der Waals surface area contributed by atoms with Gasteiger partial charge in [-0.15, -0.1) is 0 Å². The van der Waals surface area contributed by atoms with E-state index in [1.54, 1.807) is 13.0 Å². The summed E-state index contributed by atoms with van der Waals surface area (Å²) in [6, 6.07) is 16.3. The molecule has 1 unspecified atom stereocenters. The van der Waals surface area contributed by atoms with Crippen LogP contribution in [0.1, 0.15) is 35.8 Å². The number of hydrogen-bond acceptors (Lipinski definition) is 5. The van der Waals surface area contributed by atoms with Gasteiger partial charge in [0.25, 0.3) is 5.91 Å². The van der Waals surface area contributed by atoms with E-state index >= 15 is 0 Å². The number of carbonyl (C=O) groups is 2. The molecule has 1 fully saturated rings. The Morgan fingerprint density at radius 3 is 2.57 bits per heavy atom. The summed E-state index contributed by atoms with van der Waals surface area (Å²) in [7, 11) is 0. The summed E-state index contributed by atoms with van der Waals surface area (Å²) in [4.78, 5) is 26.9. The van der Waals surface area contributed by atoms with Crippen molar-refractivity contribution < 1.29 is 14.1 Å². The third kappa shape index (κ3) is 4.20. The standard InChI is InChI=1S/C23H24N4O3/c1-15-13-18(10-11-19(15)27-12-6-9-21(27)28)24-22(17-7-4-3-5-8-17)23(29)25-20-14-16(2)30-26-20/h3-5,7-8,10-11,13-14,22,24H,6,9,12H2,1-2H3,(H,25,26,29). The highest BCUT2D eigenvalue weighted by atomic mass is 16.5. The van der Waals surface area contributed by atoms with Gasteiger partial charge in [0.15, 0.2) is 5.82 Å². The van der Waals surface area contributed by atoms with Crippen LogP contribution < -0.4 is 15.5 Å². The molecule has 2 N–H and O–H groups in total. The minimum absolute atomic E-state index is 0.156. The average molecular weight is 404 g/mol. The monoisotopic (exact) mass is 404 g/mol. The highest BCUT2D eigenvalue weighted by molar-refractivity contribution is 5.97. The average Bonchev–Trinajstić information content (AvgIpc) is 3.34. The fraction of sp³-hybridized carbons (Fsp3) is 0.261. The number of aromatic nitrogens is 1. The predicted octanol–water partition coefficient (Wildman–Crippen LogP) is 4.21. The number of amides is 2. The van der Waals surface area contributed by atoms with Crippen LogP contribution >= 0.6 is 0 Å². The smallest absolute Gasteiger partial charge is 0.252 e. The van der Waals surface area contributed by atoms with Crippen molar-refractivity contribution in [3.8, 4) is 0 Å². The lowest BCUT2D eigenvalue weighted by molar-refractivity contribution is -0.117. The first-order chi connectivity index (χ1) is 14.5. The van der Waals surface area contributed by atoms with Gasteiger partial charge in [-0.3, -0.25) is 9.59 Å². The lowest BCUT2D eigenvalue weighted by atomic mass is 10.0. The van der Waals surface area contributed by atoms with E-state index in [-0.39, 0.29) is 11.8 Å². The van der Waals surface area contributed by atoms with Crippen LogP contribution in [0.25, 0.3) is 0 Å². The molecule has 2 aromatic carbocycles. The summed E-state index contributed by atoms with van der Waals surface area (Å²) in [5.41, 5.74) is 3.52. The number of aryl methyl sites for hydroxylation is 2. The highest BCUT2D eigenvalue weighted by Gasteiger charge is 2.24. The first-order valence-corrected chi connectivity index (χ1v) is 9.98. The maximum absolute atomic E-state index is 13.0. The van der Waals surface area contributed by atoms with E-state index in [9.17, 15) is 9.59 Å². The van der Waals surface area contributed by atoms with Gasteiger partial charge in [-0.2, -0.15) is 0 Å². The molecule has 7 nitrogen and oxygen atoms in total. The van der Waals surface area contributed by atoms with Gasteiger partial charge in [-0.1, -0.05) is 35.5 Å². The van der Waals surface area contributed by atoms with Crippen molar-refractivity contribution in [2.75, 3.05) is 22.1 Å². The summed E-state index contributed by atoms with van der Waals surface area (Å²) in [6.45, 7) is 4.49. The van der Waals surface area contributed by atoms with Crippen LogP contribution in [0.5, 0.6) is 0 Å². The zero-order valence-electron chi connectivity index (χ0n) is 17.0. The molecular weight excluding hydrogens is 380 g/mol. The van der Waals surface area contributed by atoms with Crippen molar-refractivity contribution in [2.45, 2.75) is 32.7 Å². The Balaban J connectivity index is 1.58. The van der Waals surface area contributed by atoms with E-state index in [4.69, 9.17) is 4.52 Å². The summed E-state index contributed by atoms with van der Waals surface area (Å²) < 4.78 is 5.04. The van der Waals surface area contributed by atoms with Crippen molar-refractivity contribution in [1.29, 1.82) is 0 Å². The van der Waals surface area contributed by atoms with Crippen molar-refractivity contribution in [3.05, 3.63) is 71.5 Å². The molecule has 7 heteroatoms. The summed E-state index contributed by atoms with van der Waals surface area (Å²) >= 11 is 0. The molecule has 1 aliphatic heterocycles. The number of carbonyl (C=O) groups excluding carboxylic acids is 2. The molecule has 1 aliphatic rings. The molecule has 154 valence electrons. The van der Waals surface area contributed by atoms with Crippen molar-refractivity contribution in [2.24, 2.45) is 0 Å². The molecule has 4 rings (SSSR count). The predicted molar refractivity (Wildman–Crippen MR) is 115 cm³/mol. The van der Waals surface area contributed by atoms with Crippen molar-refractivity contribution >= 4 is 29.0 Å². The van der Waals surface area contributed by atoms with Crippen LogP contribution in [-0.2, 0) is 9.59 Å². The first kappa shape index (κ1) is 19.7. The number of rotatable bonds is 6. The Morgan fingerprint density at radius 2 is 1.93 bits per heavy atom. The summed E-state index contributed by atoms with van der Waals surface area (Å²) in [5, 5.41) is 9.96. The largest absolute Gasteiger partial charge is 0.370 e. The van der Waals surface area contributed by atoms with Crippen LogP contribution in [0.2, 0.25) is 0 Å². The summed E-state index contributed by atoms with van der Waals surface area (Å²) in [5.74, 6) is 0.908. The van der Waals surface area contributed by atoms with E-state index in [0.29, 0.717) is 18.0 Å². The van der Waals surface area contributed by atoms with Gasteiger partial charge in [-0.05, 0) is 49.6 Å². The highest BCUT2D eigenvalue weighted by Crippen LogP contribution is 2.29. The van der Waals surface area contributed by atoms with Crippen LogP contribution in [0.3, 0.4) is 0 Å². The Kier molecular flexibility index (Phi) is 5.52. The Morgan fingerprint density at radius 1 is 1.13 bits per heavy atom. The normalized spacial score (nSPS) is 14.6. The number of benzene rings is 2. The van der Waals surface area contributed by atoms with Gasteiger partial charge in [0.1, 0.15) is 11.8 Å². The molecule has 2 heterocycles. The van der Waals surface area contributed by atoms with Crippen LogP contribution in [-0.4, -0.2) is 23.5 Å². The second kappa shape index (κ2) is 8.41. The van der Waals surface area contributed by atoms with E-state index in [0.717, 1.165) is 35.5 Å². The Bertz CT molecular complexity index is 1060. The molecule has 2 amide bonds. The second-order valence-corrected chi connectivity index (χ2v) is 7.45. The van der Waals surface area contributed by atoms with Gasteiger partial charge in [-0.25, -0.2) is 0 Å². The quantitative estimate of drug-likeness (QED) is 0.643. The zero-order chi connectivity index (χ0) is 21.1. The van der Waals surface area contributed by atoms with Gasteiger partial charge >= 0.3 is 0 Å². The zero-order valence-corrected chi connectivity index (χ0v) is 17.0. The number of hydrogen-bond donors (Lipinski definition) is 2. The first-order valence-electron chi connectivity index (χ1n) is 9.98. The number of nitrogens with zero attached hydrogens (tertiary/aromatic N) is 2. The minimum atomic E-state index is -0.623. The van der Waals surface area contributed by atoms with Gasteiger partial charge in [0, 0.05) is 30.4 Å². The van der Waals surface area contributed by atoms with E-state index < -0.39 is 6.04 Å². The van der Waals surface area contributed by atoms with Crippen molar-refractivity contribution in [3.63, 3.8) is 0 Å². The topological polar surface area (TPSA) is 87.5 Å². The van der Waals surface area contributed by atoms with E-state index in [1.165, 1.54) is 0 Å². The molecule has 0 aliphatic carbocycles. The second-order valence-electron chi connectivity index (χ2n) is 7.45. The van der Waals surface area contributed by atoms with Crippen LogP contribution in [0.4, 0.5) is 17.2 Å². The van der Waals surface area contributed by atoms with Gasteiger partial charge in [0.2, 0.25) is 5.91 Å². The lowest BCUT2D eigenvalue weighted by Gasteiger charge is -2.22. The van der Waals surface area contributed by atoms with Gasteiger partial charge in [0.05, 0.1) is 0 Å². The molecule has 1 aromatic heterocycles. The van der Waals surface area contributed by atoms with Crippen molar-refractivity contribution in [1.82, 2.24) is 5.16 Å². The third-order valence-corrected chi connectivity index (χ3v) is 5.15. The molecule has 30 heavy (non-hydrogen) atoms. The third-order valence-electron chi connectivity index (χ3n) is 5.15. The van der Waals surface area contributed by atoms with Crippen LogP contribution in [0, 0.1) is 13.8 Å². The molecule has 1 atom stereocenters. The SMILES string of the molecule is Cc1cc(NC(=O)C(Nc2ccc(N3CCCC3=O)c(C)c2)c2ccccc2)no1. The van der Waals surface area contributed by atoms with E-state index in [1.807, 2.05) is 60.4 Å². The molecule has 0 saturated carbocycles. The molecule has 0 radical (unpaired) electrons. The molecule has 1 saturated heterocycles. The number of nitrogens with one attached hydrogen (secondary N) is 2. The van der Waals surface area contributed by atoms with Gasteiger partial charge < -0.3 is 20.1 Å². The lowest BCUT2D eigenvalue weighted by Crippen LogP contribution is -2.27. The van der Waals surface area contributed by atoms with Crippen LogP contribution in [0.15, 0.2) is 59.1 Å². The Hall–Kier alpha value is -3.61. The maximum Gasteiger partial charge on any atom is 0.252 e. The van der Waals surface area contributed by atoms with E-state index in [2.05, 4.69) is 15.8 Å². The minimum Gasteiger partial charge on any atom is -0.370 e. The molecule has 0 bridgehead atoms. The fourth-order valence-electron chi connectivity index (χ4n) is 3.69. The molecule has 3 aromatic rings. The fourth-order valence-corrected chi connectivity index (χ4v) is 3.69. The molecule has 0 spiro atoms.